The van der Waals surface area contributed by atoms with Gasteiger partial charge in [0.15, 0.2) is 0 Å². The summed E-state index contributed by atoms with van der Waals surface area (Å²) >= 11 is 0. The summed E-state index contributed by atoms with van der Waals surface area (Å²) in [6, 6.07) is 4.95. The third-order valence-corrected chi connectivity index (χ3v) is 3.57. The molecule has 0 aliphatic heterocycles. The highest BCUT2D eigenvalue weighted by Gasteiger charge is 2.30. The second kappa shape index (κ2) is 9.22. The van der Waals surface area contributed by atoms with E-state index in [-0.39, 0.29) is 6.61 Å². The molecule has 0 saturated carbocycles. The van der Waals surface area contributed by atoms with Crippen molar-refractivity contribution in [3.8, 4) is 0 Å². The first kappa shape index (κ1) is 19.0. The number of imidazole rings is 1. The second-order valence-corrected chi connectivity index (χ2v) is 5.49. The number of hydrogen-bond donors (Lipinski definition) is 1. The monoisotopic (exact) mass is 354 g/mol. The van der Waals surface area contributed by atoms with Crippen LogP contribution in [0.3, 0.4) is 0 Å². The number of oxime groups is 1. The molecule has 0 spiro atoms. The van der Waals surface area contributed by atoms with Crippen molar-refractivity contribution in [2.24, 2.45) is 10.9 Å². The van der Waals surface area contributed by atoms with Gasteiger partial charge in [0.1, 0.15) is 6.61 Å². The molecule has 0 atom stereocenters. The van der Waals surface area contributed by atoms with Gasteiger partial charge in [-0.1, -0.05) is 17.3 Å². The van der Waals surface area contributed by atoms with Crippen LogP contribution in [0, 0.1) is 0 Å². The minimum atomic E-state index is -4.35. The average Bonchev–Trinajstić information content (AvgIpc) is 3.10. The smallest absolute Gasteiger partial charge is 0.394 e. The minimum Gasteiger partial charge on any atom is -0.394 e. The van der Waals surface area contributed by atoms with Gasteiger partial charge in [-0.2, -0.15) is 13.2 Å². The molecule has 0 fully saturated rings. The summed E-state index contributed by atoms with van der Waals surface area (Å²) in [4.78, 5) is 9.10. The van der Waals surface area contributed by atoms with Crippen LogP contribution in [0.25, 0.3) is 0 Å². The third kappa shape index (κ3) is 6.22. The van der Waals surface area contributed by atoms with Crippen molar-refractivity contribution in [2.45, 2.75) is 32.0 Å². The van der Waals surface area contributed by atoms with Gasteiger partial charge in [-0.05, 0) is 37.0 Å². The van der Waals surface area contributed by atoms with E-state index in [1.54, 1.807) is 12.5 Å². The van der Waals surface area contributed by atoms with E-state index in [9.17, 15) is 13.2 Å². The fourth-order valence-corrected chi connectivity index (χ4v) is 2.28. The zero-order valence-corrected chi connectivity index (χ0v) is 13.7. The molecule has 0 bridgehead atoms. The Hall–Kier alpha value is -2.35. The van der Waals surface area contributed by atoms with E-state index >= 15 is 0 Å². The molecule has 0 amide bonds. The third-order valence-electron chi connectivity index (χ3n) is 3.57. The van der Waals surface area contributed by atoms with Crippen molar-refractivity contribution in [1.82, 2.24) is 9.55 Å². The summed E-state index contributed by atoms with van der Waals surface area (Å²) in [6.45, 7) is 1.41. The molecule has 2 rings (SSSR count). The first-order valence-electron chi connectivity index (χ1n) is 8.03. The lowest BCUT2D eigenvalue weighted by Crippen LogP contribution is -2.10. The van der Waals surface area contributed by atoms with Crippen molar-refractivity contribution in [2.75, 3.05) is 13.2 Å². The summed E-state index contributed by atoms with van der Waals surface area (Å²) in [5.74, 6) is 0. The Morgan fingerprint density at radius 1 is 1.20 bits per heavy atom. The number of nitrogens with two attached hydrogens (primary N) is 1. The Morgan fingerprint density at radius 3 is 2.56 bits per heavy atom. The lowest BCUT2D eigenvalue weighted by molar-refractivity contribution is -0.137. The van der Waals surface area contributed by atoms with Gasteiger partial charge in [0, 0.05) is 25.5 Å². The van der Waals surface area contributed by atoms with E-state index in [1.165, 1.54) is 12.1 Å². The zero-order valence-electron chi connectivity index (χ0n) is 13.7. The van der Waals surface area contributed by atoms with Gasteiger partial charge in [-0.15, -0.1) is 0 Å². The zero-order chi connectivity index (χ0) is 18.1. The van der Waals surface area contributed by atoms with Gasteiger partial charge < -0.3 is 15.1 Å². The maximum Gasteiger partial charge on any atom is 0.416 e. The SMILES string of the molecule is NCCON=C(CCCCn1ccnc1)c1ccc(C(F)(F)F)cc1. The Kier molecular flexibility index (Phi) is 7.00. The van der Waals surface area contributed by atoms with Gasteiger partial charge in [0.2, 0.25) is 0 Å². The molecule has 2 N–H and O–H groups in total. The molecule has 0 aliphatic rings. The summed E-state index contributed by atoms with van der Waals surface area (Å²) < 4.78 is 40.0. The van der Waals surface area contributed by atoms with E-state index in [0.29, 0.717) is 24.2 Å². The van der Waals surface area contributed by atoms with Gasteiger partial charge in [0.05, 0.1) is 17.6 Å². The quantitative estimate of drug-likeness (QED) is 0.426. The maximum atomic E-state index is 12.7. The van der Waals surface area contributed by atoms with Crippen molar-refractivity contribution >= 4 is 5.71 Å². The minimum absolute atomic E-state index is 0.263. The Morgan fingerprint density at radius 2 is 1.96 bits per heavy atom. The van der Waals surface area contributed by atoms with Crippen LogP contribution in [0.1, 0.15) is 30.4 Å². The molecule has 1 aromatic heterocycles. The number of benzene rings is 1. The van der Waals surface area contributed by atoms with E-state index < -0.39 is 11.7 Å². The number of hydrogen-bond acceptors (Lipinski definition) is 4. The molecule has 1 heterocycles. The van der Waals surface area contributed by atoms with Crippen LogP contribution < -0.4 is 5.73 Å². The van der Waals surface area contributed by atoms with Crippen molar-refractivity contribution in [3.05, 3.63) is 54.1 Å². The molecule has 0 unspecified atom stereocenters. The van der Waals surface area contributed by atoms with Crippen LogP contribution in [-0.4, -0.2) is 28.4 Å². The first-order valence-corrected chi connectivity index (χ1v) is 8.03. The lowest BCUT2D eigenvalue weighted by atomic mass is 10.0. The lowest BCUT2D eigenvalue weighted by Gasteiger charge is -2.10. The summed E-state index contributed by atoms with van der Waals surface area (Å²) in [7, 11) is 0. The first-order chi connectivity index (χ1) is 12.0. The molecule has 1 aromatic carbocycles. The largest absolute Gasteiger partial charge is 0.416 e. The summed E-state index contributed by atoms with van der Waals surface area (Å²) in [5.41, 5.74) is 5.92. The van der Waals surface area contributed by atoms with Crippen LogP contribution in [0.4, 0.5) is 13.2 Å². The molecule has 25 heavy (non-hydrogen) atoms. The van der Waals surface area contributed by atoms with Gasteiger partial charge >= 0.3 is 6.18 Å². The number of aromatic nitrogens is 2. The van der Waals surface area contributed by atoms with Crippen molar-refractivity contribution < 1.29 is 18.0 Å². The highest BCUT2D eigenvalue weighted by atomic mass is 19.4. The maximum absolute atomic E-state index is 12.7. The fraction of sp³-hybridized carbons (Fsp3) is 0.412. The predicted octanol–water partition coefficient (Wildman–Crippen LogP) is 3.45. The Bertz CT molecular complexity index is 652. The average molecular weight is 354 g/mol. The van der Waals surface area contributed by atoms with E-state index in [4.69, 9.17) is 10.6 Å². The Labute approximate surface area is 144 Å². The molecule has 2 aromatic rings. The number of nitrogens with zero attached hydrogens (tertiary/aromatic N) is 3. The molecule has 0 saturated heterocycles. The molecule has 8 heteroatoms. The predicted molar refractivity (Wildman–Crippen MR) is 89.1 cm³/mol. The molecule has 5 nitrogen and oxygen atoms in total. The normalized spacial score (nSPS) is 12.4. The van der Waals surface area contributed by atoms with Crippen LogP contribution in [0.2, 0.25) is 0 Å². The van der Waals surface area contributed by atoms with E-state index in [1.807, 2.05) is 10.8 Å². The summed E-state index contributed by atoms with van der Waals surface area (Å²) in [6.07, 6.45) is 3.32. The van der Waals surface area contributed by atoms with Crippen LogP contribution in [0.15, 0.2) is 48.1 Å². The highest BCUT2D eigenvalue weighted by molar-refractivity contribution is 6.00. The topological polar surface area (TPSA) is 65.4 Å². The van der Waals surface area contributed by atoms with Gasteiger partial charge in [0.25, 0.3) is 0 Å². The van der Waals surface area contributed by atoms with Crippen molar-refractivity contribution in [3.63, 3.8) is 0 Å². The molecule has 0 radical (unpaired) electrons. The van der Waals surface area contributed by atoms with Gasteiger partial charge in [-0.25, -0.2) is 4.98 Å². The van der Waals surface area contributed by atoms with Crippen LogP contribution in [-0.2, 0) is 17.6 Å². The molecular formula is C17H21F3N4O. The van der Waals surface area contributed by atoms with Crippen LogP contribution in [0.5, 0.6) is 0 Å². The Balaban J connectivity index is 1.98. The second-order valence-electron chi connectivity index (χ2n) is 5.49. The van der Waals surface area contributed by atoms with Gasteiger partial charge in [-0.3, -0.25) is 0 Å². The number of alkyl halides is 3. The molecule has 0 aliphatic carbocycles. The van der Waals surface area contributed by atoms with E-state index in [0.717, 1.165) is 31.5 Å². The number of aryl methyl sites for hydroxylation is 1. The molecular weight excluding hydrogens is 333 g/mol. The standard InChI is InChI=1S/C17H21F3N4O/c18-17(19,20)15-6-4-14(5-7-15)16(23-25-12-8-21)3-1-2-10-24-11-9-22-13-24/h4-7,9,11,13H,1-3,8,10,12,21H2. The number of rotatable bonds is 9. The van der Waals surface area contributed by atoms with E-state index in [2.05, 4.69) is 10.1 Å². The highest BCUT2D eigenvalue weighted by Crippen LogP contribution is 2.29. The van der Waals surface area contributed by atoms with Crippen molar-refractivity contribution in [1.29, 1.82) is 0 Å². The van der Waals surface area contributed by atoms with Crippen LogP contribution >= 0.6 is 0 Å². The number of unbranched alkanes of at least 4 members (excludes halogenated alkanes) is 1. The summed E-state index contributed by atoms with van der Waals surface area (Å²) in [5, 5.41) is 4.05. The molecule has 136 valence electrons. The number of halogens is 3. The fourth-order valence-electron chi connectivity index (χ4n) is 2.28.